The van der Waals surface area contributed by atoms with E-state index in [0.717, 1.165) is 12.1 Å². The lowest BCUT2D eigenvalue weighted by Crippen LogP contribution is -2.15. The first-order valence-electron chi connectivity index (χ1n) is 7.85. The summed E-state index contributed by atoms with van der Waals surface area (Å²) in [5.41, 5.74) is -0.139. The fourth-order valence-electron chi connectivity index (χ4n) is 2.34. The number of hydrogen-bond acceptors (Lipinski definition) is 6. The highest BCUT2D eigenvalue weighted by molar-refractivity contribution is 5.99. The number of ketones is 1. The normalized spacial score (nSPS) is 10.5. The Kier molecular flexibility index (Phi) is 5.25. The molecule has 0 bridgehead atoms. The number of nitrogens with zero attached hydrogens (tertiary/aromatic N) is 1. The molecule has 7 nitrogen and oxygen atoms in total. The second kappa shape index (κ2) is 7.78. The lowest BCUT2D eigenvalue weighted by molar-refractivity contribution is -0.384. The molecule has 0 fully saturated rings. The quantitative estimate of drug-likeness (QED) is 0.272. The van der Waals surface area contributed by atoms with E-state index in [4.69, 9.17) is 9.15 Å². The molecule has 1 aromatic heterocycles. The van der Waals surface area contributed by atoms with Crippen LogP contribution in [0, 0.1) is 21.7 Å². The first kappa shape index (κ1) is 18.9. The Labute approximate surface area is 156 Å². The van der Waals surface area contributed by atoms with Gasteiger partial charge in [-0.2, -0.15) is 0 Å². The number of hydrogen-bond donors (Lipinski definition) is 0. The number of halogens is 2. The Bertz CT molecular complexity index is 1060. The van der Waals surface area contributed by atoms with Gasteiger partial charge < -0.3 is 9.15 Å². The Morgan fingerprint density at radius 3 is 2.43 bits per heavy atom. The summed E-state index contributed by atoms with van der Waals surface area (Å²) < 4.78 is 36.8. The summed E-state index contributed by atoms with van der Waals surface area (Å²) >= 11 is 0. The second-order valence-electron chi connectivity index (χ2n) is 5.59. The smallest absolute Gasteiger partial charge is 0.374 e. The predicted molar refractivity (Wildman–Crippen MR) is 91.8 cm³/mol. The molecule has 0 aliphatic heterocycles. The summed E-state index contributed by atoms with van der Waals surface area (Å²) in [5, 5.41) is 10.7. The largest absolute Gasteiger partial charge is 0.451 e. The molecule has 3 rings (SSSR count). The van der Waals surface area contributed by atoms with E-state index in [9.17, 15) is 28.5 Å². The van der Waals surface area contributed by atoms with Gasteiger partial charge in [-0.15, -0.1) is 0 Å². The van der Waals surface area contributed by atoms with Crippen LogP contribution in [0.1, 0.15) is 20.9 Å². The third-order valence-electron chi connectivity index (χ3n) is 3.73. The highest BCUT2D eigenvalue weighted by atomic mass is 19.1. The standard InChI is InChI=1S/C19H11F2NO6/c20-12-3-6-15(21)14(9-12)16(23)10-27-19(24)18-8-7-17(28-18)11-1-4-13(5-2-11)22(25)26/h1-9H,10H2. The summed E-state index contributed by atoms with van der Waals surface area (Å²) in [7, 11) is 0. The van der Waals surface area contributed by atoms with Crippen LogP contribution in [0.5, 0.6) is 0 Å². The fraction of sp³-hybridized carbons (Fsp3) is 0.0526. The molecule has 0 unspecified atom stereocenters. The van der Waals surface area contributed by atoms with Crippen molar-refractivity contribution in [2.45, 2.75) is 0 Å². The minimum atomic E-state index is -0.974. The first-order chi connectivity index (χ1) is 13.3. The molecule has 0 amide bonds. The number of furan rings is 1. The zero-order valence-corrected chi connectivity index (χ0v) is 14.1. The van der Waals surface area contributed by atoms with E-state index < -0.39 is 40.5 Å². The van der Waals surface area contributed by atoms with Gasteiger partial charge in [0.25, 0.3) is 5.69 Å². The SMILES string of the molecule is O=C(OCC(=O)c1cc(F)ccc1F)c1ccc(-c2ccc([N+](=O)[O-])cc2)o1. The summed E-state index contributed by atoms with van der Waals surface area (Å²) in [5.74, 6) is -3.58. The Morgan fingerprint density at radius 1 is 1.04 bits per heavy atom. The Morgan fingerprint density at radius 2 is 1.75 bits per heavy atom. The molecule has 1 heterocycles. The van der Waals surface area contributed by atoms with Crippen molar-refractivity contribution >= 4 is 17.4 Å². The summed E-state index contributed by atoms with van der Waals surface area (Å²) in [6.45, 7) is -0.799. The highest BCUT2D eigenvalue weighted by Crippen LogP contribution is 2.25. The number of ether oxygens (including phenoxy) is 1. The molecular formula is C19H11F2NO6. The van der Waals surface area contributed by atoms with Gasteiger partial charge in [-0.05, 0) is 42.5 Å². The average Bonchev–Trinajstić information content (AvgIpc) is 3.18. The molecule has 3 aromatic rings. The Balaban J connectivity index is 1.66. The van der Waals surface area contributed by atoms with Gasteiger partial charge in [0.05, 0.1) is 10.5 Å². The average molecular weight is 387 g/mol. The van der Waals surface area contributed by atoms with Gasteiger partial charge in [-0.3, -0.25) is 14.9 Å². The van der Waals surface area contributed by atoms with Crippen LogP contribution in [0.3, 0.4) is 0 Å². The molecule has 0 aliphatic carbocycles. The van der Waals surface area contributed by atoms with E-state index in [-0.39, 0.29) is 17.2 Å². The monoisotopic (exact) mass is 387 g/mol. The molecule has 0 saturated heterocycles. The molecule has 142 valence electrons. The van der Waals surface area contributed by atoms with Gasteiger partial charge >= 0.3 is 5.97 Å². The van der Waals surface area contributed by atoms with Crippen molar-refractivity contribution in [3.8, 4) is 11.3 Å². The number of esters is 1. The second-order valence-corrected chi connectivity index (χ2v) is 5.59. The van der Waals surface area contributed by atoms with Crippen LogP contribution in [0.4, 0.5) is 14.5 Å². The van der Waals surface area contributed by atoms with Crippen molar-refractivity contribution in [1.82, 2.24) is 0 Å². The van der Waals surface area contributed by atoms with Crippen molar-refractivity contribution in [1.29, 1.82) is 0 Å². The number of non-ortho nitro benzene ring substituents is 1. The van der Waals surface area contributed by atoms with E-state index in [1.807, 2.05) is 0 Å². The number of Topliss-reactive ketones (excluding diaryl/α,β-unsaturated/α-hetero) is 1. The zero-order valence-electron chi connectivity index (χ0n) is 14.1. The predicted octanol–water partition coefficient (Wildman–Crippen LogP) is 4.17. The number of nitro groups is 1. The number of rotatable bonds is 6. The third-order valence-corrected chi connectivity index (χ3v) is 3.73. The van der Waals surface area contributed by atoms with Crippen molar-refractivity contribution in [2.75, 3.05) is 6.61 Å². The van der Waals surface area contributed by atoms with Crippen molar-refractivity contribution < 1.29 is 32.4 Å². The molecule has 0 atom stereocenters. The van der Waals surface area contributed by atoms with Crippen molar-refractivity contribution in [3.63, 3.8) is 0 Å². The van der Waals surface area contributed by atoms with Gasteiger partial charge in [-0.1, -0.05) is 0 Å². The van der Waals surface area contributed by atoms with Gasteiger partial charge in [-0.25, -0.2) is 13.6 Å². The van der Waals surface area contributed by atoms with E-state index in [2.05, 4.69) is 0 Å². The van der Waals surface area contributed by atoms with Crippen LogP contribution in [-0.4, -0.2) is 23.3 Å². The van der Waals surface area contributed by atoms with Crippen LogP contribution in [0.2, 0.25) is 0 Å². The maximum absolute atomic E-state index is 13.5. The van der Waals surface area contributed by atoms with Crippen LogP contribution < -0.4 is 0 Å². The third kappa shape index (κ3) is 4.09. The van der Waals surface area contributed by atoms with E-state index >= 15 is 0 Å². The molecule has 0 N–H and O–H groups in total. The fourth-order valence-corrected chi connectivity index (χ4v) is 2.34. The molecule has 28 heavy (non-hydrogen) atoms. The topological polar surface area (TPSA) is 99.7 Å². The lowest BCUT2D eigenvalue weighted by atomic mass is 10.1. The molecule has 0 saturated carbocycles. The molecule has 2 aromatic carbocycles. The number of carbonyl (C=O) groups is 2. The van der Waals surface area contributed by atoms with Gasteiger partial charge in [0.1, 0.15) is 17.4 Å². The minimum absolute atomic E-state index is 0.0990. The van der Waals surface area contributed by atoms with Gasteiger partial charge in [0.15, 0.2) is 6.61 Å². The van der Waals surface area contributed by atoms with Crippen molar-refractivity contribution in [2.24, 2.45) is 0 Å². The van der Waals surface area contributed by atoms with E-state index in [0.29, 0.717) is 11.6 Å². The van der Waals surface area contributed by atoms with E-state index in [1.165, 1.54) is 36.4 Å². The number of benzene rings is 2. The first-order valence-corrected chi connectivity index (χ1v) is 7.85. The minimum Gasteiger partial charge on any atom is -0.451 e. The van der Waals surface area contributed by atoms with Crippen LogP contribution in [-0.2, 0) is 4.74 Å². The highest BCUT2D eigenvalue weighted by Gasteiger charge is 2.18. The molecule has 0 spiro atoms. The maximum Gasteiger partial charge on any atom is 0.374 e. The van der Waals surface area contributed by atoms with Crippen LogP contribution >= 0.6 is 0 Å². The molecule has 0 aliphatic rings. The zero-order chi connectivity index (χ0) is 20.3. The van der Waals surface area contributed by atoms with Crippen LogP contribution in [0.25, 0.3) is 11.3 Å². The molecule has 0 radical (unpaired) electrons. The number of nitro benzene ring substituents is 1. The number of carbonyl (C=O) groups excluding carboxylic acids is 2. The van der Waals surface area contributed by atoms with Gasteiger partial charge in [0.2, 0.25) is 11.5 Å². The van der Waals surface area contributed by atoms with Gasteiger partial charge in [0, 0.05) is 17.7 Å². The van der Waals surface area contributed by atoms with Crippen LogP contribution in [0.15, 0.2) is 59.0 Å². The van der Waals surface area contributed by atoms with E-state index in [1.54, 1.807) is 0 Å². The Hall–Kier alpha value is -3.88. The maximum atomic E-state index is 13.5. The summed E-state index contributed by atoms with van der Waals surface area (Å²) in [4.78, 5) is 34.0. The summed E-state index contributed by atoms with van der Waals surface area (Å²) in [6.07, 6.45) is 0. The van der Waals surface area contributed by atoms with Crippen molar-refractivity contribution in [3.05, 3.63) is 87.7 Å². The molecular weight excluding hydrogens is 376 g/mol. The summed E-state index contributed by atoms with van der Waals surface area (Å²) in [6, 6.07) is 10.6. The lowest BCUT2D eigenvalue weighted by Gasteiger charge is -2.04. The molecule has 9 heteroatoms.